The molecule has 2 aromatic rings. The molecule has 36 heavy (non-hydrogen) atoms. The second-order valence-corrected chi connectivity index (χ2v) is 10.6. The van der Waals surface area contributed by atoms with Crippen LogP contribution in [0.4, 0.5) is 0 Å². The first-order valence-electron chi connectivity index (χ1n) is 12.0. The summed E-state index contributed by atoms with van der Waals surface area (Å²) in [5, 5.41) is 2.51. The van der Waals surface area contributed by atoms with E-state index in [1.54, 1.807) is 18.9 Å². The maximum atomic E-state index is 13.3. The summed E-state index contributed by atoms with van der Waals surface area (Å²) in [6.45, 7) is 0.728. The van der Waals surface area contributed by atoms with Gasteiger partial charge in [-0.3, -0.25) is 14.5 Å². The number of rotatable bonds is 7. The first kappa shape index (κ1) is 23.1. The average molecular weight is 507 g/mol. The number of nitrogens with zero attached hydrogens (tertiary/aromatic N) is 1. The van der Waals surface area contributed by atoms with Crippen LogP contribution >= 0.6 is 11.8 Å². The normalized spacial score (nSPS) is 27.8. The maximum Gasteiger partial charge on any atom is 0.355 e. The Morgan fingerprint density at radius 2 is 1.89 bits per heavy atom. The summed E-state index contributed by atoms with van der Waals surface area (Å²) in [4.78, 5) is 40.8. The zero-order chi connectivity index (χ0) is 24.8. The van der Waals surface area contributed by atoms with Gasteiger partial charge in [-0.25, -0.2) is 4.79 Å². The van der Waals surface area contributed by atoms with Crippen LogP contribution in [0.3, 0.4) is 0 Å². The lowest BCUT2D eigenvalue weighted by Gasteiger charge is -2.57. The number of carbonyl (C=O) groups is 3. The Labute approximate surface area is 213 Å². The molecule has 186 valence electrons. The van der Waals surface area contributed by atoms with Gasteiger partial charge in [0.1, 0.15) is 29.5 Å². The highest BCUT2D eigenvalue weighted by Crippen LogP contribution is 2.58. The summed E-state index contributed by atoms with van der Waals surface area (Å²) in [7, 11) is 1.59. The second kappa shape index (κ2) is 9.29. The molecular formula is C27H26N2O6S. The second-order valence-electron chi connectivity index (χ2n) is 9.32. The number of hydrogen-bond acceptors (Lipinski definition) is 7. The minimum Gasteiger partial charge on any atom is -0.497 e. The minimum absolute atomic E-state index is 0.0103. The zero-order valence-electron chi connectivity index (χ0n) is 19.7. The molecule has 3 heterocycles. The van der Waals surface area contributed by atoms with Crippen molar-refractivity contribution in [3.63, 3.8) is 0 Å². The Morgan fingerprint density at radius 3 is 2.64 bits per heavy atom. The number of hydrogen-bond donors (Lipinski definition) is 1. The third kappa shape index (κ3) is 3.87. The molecule has 1 saturated carbocycles. The van der Waals surface area contributed by atoms with Gasteiger partial charge in [0.25, 0.3) is 5.91 Å². The molecule has 3 aliphatic heterocycles. The summed E-state index contributed by atoms with van der Waals surface area (Å²) >= 11 is 1.59. The predicted molar refractivity (Wildman–Crippen MR) is 132 cm³/mol. The quantitative estimate of drug-likeness (QED) is 0.455. The van der Waals surface area contributed by atoms with E-state index >= 15 is 0 Å². The number of thioether (sulfide) groups is 1. The molecule has 2 saturated heterocycles. The van der Waals surface area contributed by atoms with E-state index < -0.39 is 12.0 Å². The van der Waals surface area contributed by atoms with E-state index in [9.17, 15) is 14.4 Å². The summed E-state index contributed by atoms with van der Waals surface area (Å²) in [6, 6.07) is 16.0. The van der Waals surface area contributed by atoms with Crippen molar-refractivity contribution in [2.75, 3.05) is 13.7 Å². The monoisotopic (exact) mass is 506 g/mol. The number of ether oxygens (including phenoxy) is 3. The lowest BCUT2D eigenvalue weighted by atomic mass is 9.73. The van der Waals surface area contributed by atoms with Crippen molar-refractivity contribution in [3.05, 3.63) is 77.0 Å². The van der Waals surface area contributed by atoms with Crippen molar-refractivity contribution in [2.24, 2.45) is 5.92 Å². The molecule has 9 heteroatoms. The summed E-state index contributed by atoms with van der Waals surface area (Å²) < 4.78 is 16.8. The number of esters is 1. The molecular weight excluding hydrogens is 480 g/mol. The number of β-lactam (4-membered cyclic amide) rings is 1. The van der Waals surface area contributed by atoms with Crippen LogP contribution in [0, 0.1) is 5.92 Å². The zero-order valence-corrected chi connectivity index (χ0v) is 20.5. The van der Waals surface area contributed by atoms with Gasteiger partial charge in [-0.05, 0) is 35.3 Å². The molecule has 4 aliphatic rings. The number of methoxy groups -OCH3 is 1. The van der Waals surface area contributed by atoms with Crippen molar-refractivity contribution < 1.29 is 28.6 Å². The van der Waals surface area contributed by atoms with E-state index in [1.807, 2.05) is 54.6 Å². The summed E-state index contributed by atoms with van der Waals surface area (Å²) in [6.07, 6.45) is 1.06. The smallest absolute Gasteiger partial charge is 0.355 e. The van der Waals surface area contributed by atoms with Crippen LogP contribution < -0.4 is 10.1 Å². The van der Waals surface area contributed by atoms with Crippen molar-refractivity contribution in [2.45, 2.75) is 42.2 Å². The number of nitrogens with one attached hydrogen (secondary N) is 1. The molecule has 0 spiro atoms. The Kier molecular flexibility index (Phi) is 5.97. The van der Waals surface area contributed by atoms with Gasteiger partial charge >= 0.3 is 5.97 Å². The lowest BCUT2D eigenvalue weighted by molar-refractivity contribution is -0.154. The van der Waals surface area contributed by atoms with Gasteiger partial charge in [-0.1, -0.05) is 42.5 Å². The molecule has 0 bridgehead atoms. The molecule has 1 N–H and O–H groups in total. The third-order valence-corrected chi connectivity index (χ3v) is 8.81. The highest BCUT2D eigenvalue weighted by molar-refractivity contribution is 8.01. The van der Waals surface area contributed by atoms with Crippen LogP contribution in [0.15, 0.2) is 65.9 Å². The fourth-order valence-corrected chi connectivity index (χ4v) is 7.23. The van der Waals surface area contributed by atoms with Crippen LogP contribution in [-0.2, 0) is 36.9 Å². The molecule has 8 nitrogen and oxygen atoms in total. The van der Waals surface area contributed by atoms with E-state index in [0.717, 1.165) is 28.9 Å². The number of benzene rings is 2. The van der Waals surface area contributed by atoms with E-state index in [2.05, 4.69) is 5.32 Å². The van der Waals surface area contributed by atoms with Gasteiger partial charge in [-0.15, -0.1) is 11.8 Å². The predicted octanol–water partition coefficient (Wildman–Crippen LogP) is 2.42. The minimum atomic E-state index is -0.683. The van der Waals surface area contributed by atoms with E-state index in [-0.39, 0.29) is 47.5 Å². The molecule has 3 fully saturated rings. The Balaban J connectivity index is 1.19. The van der Waals surface area contributed by atoms with Gasteiger partial charge in [0.05, 0.1) is 24.9 Å². The summed E-state index contributed by atoms with van der Waals surface area (Å²) in [5.41, 5.74) is 2.98. The molecule has 1 aliphatic carbocycles. The van der Waals surface area contributed by atoms with Crippen LogP contribution in [0.25, 0.3) is 0 Å². The Hall–Kier alpha value is -3.30. The van der Waals surface area contributed by atoms with Crippen molar-refractivity contribution >= 4 is 29.5 Å². The molecule has 0 radical (unpaired) electrons. The van der Waals surface area contributed by atoms with Crippen LogP contribution in [0.1, 0.15) is 17.5 Å². The Morgan fingerprint density at radius 1 is 1.11 bits per heavy atom. The fraction of sp³-hybridized carbons (Fsp3) is 0.370. The average Bonchev–Trinajstić information content (AvgIpc) is 3.32. The highest BCUT2D eigenvalue weighted by atomic mass is 32.2. The van der Waals surface area contributed by atoms with Crippen LogP contribution in [-0.4, -0.2) is 59.2 Å². The van der Waals surface area contributed by atoms with Gasteiger partial charge in [0, 0.05) is 12.5 Å². The molecule has 2 amide bonds. The molecule has 2 aromatic carbocycles. The van der Waals surface area contributed by atoms with Gasteiger partial charge in [0.2, 0.25) is 5.91 Å². The van der Waals surface area contributed by atoms with Crippen LogP contribution in [0.2, 0.25) is 0 Å². The topological polar surface area (TPSA) is 94.2 Å². The van der Waals surface area contributed by atoms with E-state index in [0.29, 0.717) is 12.3 Å². The lowest BCUT2D eigenvalue weighted by Crippen LogP contribution is -2.73. The first-order chi connectivity index (χ1) is 17.5. The van der Waals surface area contributed by atoms with E-state index in [4.69, 9.17) is 14.2 Å². The van der Waals surface area contributed by atoms with Gasteiger partial charge < -0.3 is 19.5 Å². The number of carbonyl (C=O) groups excluding carboxylic acids is 3. The third-order valence-electron chi connectivity index (χ3n) is 7.23. The standard InChI is InChI=1S/C27H26N2O6S/c1-33-17-9-7-16(8-10-17)14-35-27(32)22-20-18-11-12-34-23(18)24(20)36-26-21(25(31)29(22)26)28-19(30)13-15-5-3-2-4-6-15/h2-10,18,21,23-24,26H,11-14H2,1H3,(H,28,30)/t18-,21-,23-,24-,26-/m1/s1. The maximum absolute atomic E-state index is 13.3. The van der Waals surface area contributed by atoms with Crippen molar-refractivity contribution in [1.29, 1.82) is 0 Å². The van der Waals surface area contributed by atoms with Crippen LogP contribution in [0.5, 0.6) is 5.75 Å². The molecule has 6 rings (SSSR count). The Bertz CT molecular complexity index is 1230. The van der Waals surface area contributed by atoms with E-state index in [1.165, 1.54) is 4.90 Å². The van der Waals surface area contributed by atoms with Crippen molar-refractivity contribution in [3.8, 4) is 5.75 Å². The molecule has 5 atom stereocenters. The van der Waals surface area contributed by atoms with Crippen molar-refractivity contribution in [1.82, 2.24) is 10.2 Å². The largest absolute Gasteiger partial charge is 0.497 e. The molecule has 0 aromatic heterocycles. The SMILES string of the molecule is COc1ccc(COC(=O)C2=C3[C@H]4CCO[C@H]4[C@@H]3S[C@@H]3[C@H](NC(=O)Cc4ccccc4)C(=O)N23)cc1. The van der Waals surface area contributed by atoms with Gasteiger partial charge in [-0.2, -0.15) is 0 Å². The molecule has 0 unspecified atom stereocenters. The first-order valence-corrected chi connectivity index (χ1v) is 13.0. The number of amides is 2. The number of fused-ring (bicyclic) bond motifs is 5. The highest BCUT2D eigenvalue weighted by Gasteiger charge is 2.64. The van der Waals surface area contributed by atoms with Gasteiger partial charge in [0.15, 0.2) is 0 Å². The fourth-order valence-electron chi connectivity index (χ4n) is 5.40. The summed E-state index contributed by atoms with van der Waals surface area (Å²) in [5.74, 6) is -0.158.